The summed E-state index contributed by atoms with van der Waals surface area (Å²) >= 11 is 0. The molecule has 0 aliphatic carbocycles. The summed E-state index contributed by atoms with van der Waals surface area (Å²) in [5.74, 6) is 3.36. The zero-order valence-electron chi connectivity index (χ0n) is 66.7. The van der Waals surface area contributed by atoms with Gasteiger partial charge in [-0.15, -0.1) is 0 Å². The molecule has 0 saturated carbocycles. The Morgan fingerprint density at radius 1 is 0.194 bits per heavy atom. The minimum atomic E-state index is 0.506. The van der Waals surface area contributed by atoms with Crippen LogP contribution < -0.4 is 0 Å². The lowest BCUT2D eigenvalue weighted by atomic mass is 9.92. The average Bonchev–Trinajstić information content (AvgIpc) is 1.55. The lowest BCUT2D eigenvalue weighted by molar-refractivity contribution is 0.669. The van der Waals surface area contributed by atoms with Crippen molar-refractivity contribution < 1.29 is 8.83 Å². The molecule has 0 aliphatic heterocycles. The summed E-state index contributed by atoms with van der Waals surface area (Å²) in [6, 6.07) is 142. The quantitative estimate of drug-likeness (QED) is 0.103. The van der Waals surface area contributed by atoms with Crippen LogP contribution in [0.5, 0.6) is 0 Å². The van der Waals surface area contributed by atoms with Crippen molar-refractivity contribution in [3.05, 3.63) is 425 Å². The molecule has 24 aromatic rings. The van der Waals surface area contributed by atoms with Crippen LogP contribution in [0.2, 0.25) is 0 Å². The largest absolute Gasteiger partial charge is 0.456 e. The highest BCUT2D eigenvalue weighted by Gasteiger charge is 2.28. The Labute approximate surface area is 712 Å². The van der Waals surface area contributed by atoms with E-state index in [9.17, 15) is 0 Å². The number of hydrogen-bond donors (Lipinski definition) is 0. The molecule has 8 aromatic heterocycles. The standard InChI is InChI=1S/C62H39N5O.C50H31N5O/c1-6-19-40(20-7-1)44-35-45(41-21-8-2-9-22-41)37-46(36-44)47-38-53(62-65-60(42-23-10-3-11-24-42)64-61(66-62)43-25-12-4-13-26-43)57(63-39-47)52-31-18-30-49-50-33-34-55-56(59(50)68-58(49)52)51-29-16-17-32-54(51)67(55)48-27-14-5-15-28-48;1-5-16-32(17-6-1)35-30-40(50-53-48(33-18-7-2-8-19-33)52-49(54-50)34-20-9-3-10-21-34)46(51-31-35)39-25-15-27-42-44(39)45-43(56-42)29-28-38-37-24-13-14-26-41(37)55(47(38)45)36-22-11-4-12-23-36/h1-39H;1-31H. The van der Waals surface area contributed by atoms with Crippen molar-refractivity contribution in [2.75, 3.05) is 0 Å². The van der Waals surface area contributed by atoms with E-state index in [2.05, 4.69) is 270 Å². The van der Waals surface area contributed by atoms with Crippen LogP contribution in [-0.4, -0.2) is 49.0 Å². The third-order valence-electron chi connectivity index (χ3n) is 23.4. The van der Waals surface area contributed by atoms with Crippen molar-refractivity contribution >= 4 is 87.5 Å². The molecule has 16 aromatic carbocycles. The SMILES string of the molecule is c1ccc(-c2cc(-c3ccccc3)cc(-c3cnc(-c4cccc5c4oc4c5ccc5c4c4ccccc4n5-c4ccccc4)c(-c4nc(-c5ccccc5)nc(-c5ccccc5)n4)c3)c2)cc1.c1ccc(-c2cnc(-c3cccc4oc5ccc6c7ccccc7n(-c7ccccc7)c6c5c34)c(-c3nc(-c4ccccc4)nc(-c4ccccc4)n3)c2)cc1. The highest BCUT2D eigenvalue weighted by atomic mass is 16.3. The number of aromatic nitrogens is 10. The van der Waals surface area contributed by atoms with Gasteiger partial charge in [-0.25, -0.2) is 29.9 Å². The molecule has 0 aliphatic rings. The summed E-state index contributed by atoms with van der Waals surface area (Å²) in [5, 5.41) is 8.57. The van der Waals surface area contributed by atoms with Gasteiger partial charge < -0.3 is 18.0 Å². The van der Waals surface area contributed by atoms with Gasteiger partial charge in [-0.3, -0.25) is 9.97 Å². The second kappa shape index (κ2) is 30.8. The van der Waals surface area contributed by atoms with Gasteiger partial charge in [0.1, 0.15) is 22.3 Å². The Morgan fingerprint density at radius 3 is 1.06 bits per heavy atom. The van der Waals surface area contributed by atoms with E-state index in [0.29, 0.717) is 40.6 Å². The smallest absolute Gasteiger partial charge is 0.166 e. The van der Waals surface area contributed by atoms with Crippen molar-refractivity contribution in [1.29, 1.82) is 0 Å². The van der Waals surface area contributed by atoms with Crippen molar-refractivity contribution in [2.24, 2.45) is 0 Å². The summed E-state index contributed by atoms with van der Waals surface area (Å²) in [4.78, 5) is 41.7. The van der Waals surface area contributed by atoms with Crippen LogP contribution >= 0.6 is 0 Å². The Balaban J connectivity index is 0.000000146. The number of hydrogen-bond acceptors (Lipinski definition) is 10. The van der Waals surface area contributed by atoms with Crippen molar-refractivity contribution in [1.82, 2.24) is 49.0 Å². The molecule has 580 valence electrons. The van der Waals surface area contributed by atoms with Crippen molar-refractivity contribution in [2.45, 2.75) is 0 Å². The van der Waals surface area contributed by atoms with E-state index in [0.717, 1.165) is 188 Å². The molecule has 124 heavy (non-hydrogen) atoms. The average molecular weight is 1590 g/mol. The van der Waals surface area contributed by atoms with Gasteiger partial charge in [0.05, 0.1) is 44.2 Å². The second-order valence-electron chi connectivity index (χ2n) is 30.8. The fourth-order valence-electron chi connectivity index (χ4n) is 17.6. The van der Waals surface area contributed by atoms with E-state index in [1.807, 2.05) is 164 Å². The number of pyridine rings is 2. The van der Waals surface area contributed by atoms with Gasteiger partial charge in [-0.1, -0.05) is 309 Å². The molecule has 12 heteroatoms. The molecule has 0 spiro atoms. The molecule has 0 radical (unpaired) electrons. The summed E-state index contributed by atoms with van der Waals surface area (Å²) in [6.07, 6.45) is 3.92. The Kier molecular flexibility index (Phi) is 17.9. The van der Waals surface area contributed by atoms with Crippen LogP contribution in [-0.2, 0) is 0 Å². The summed E-state index contributed by atoms with van der Waals surface area (Å²) < 4.78 is 18.6. The number of fused-ring (bicyclic) bond motifs is 14. The Bertz CT molecular complexity index is 8020. The van der Waals surface area contributed by atoms with E-state index in [1.54, 1.807) is 0 Å². The lowest BCUT2D eigenvalue weighted by Crippen LogP contribution is -2.02. The number of benzene rings is 16. The third-order valence-corrected chi connectivity index (χ3v) is 23.4. The predicted octanol–water partition coefficient (Wildman–Crippen LogP) is 28.5. The van der Waals surface area contributed by atoms with Crippen LogP contribution in [0.1, 0.15) is 0 Å². The molecule has 0 saturated heterocycles. The van der Waals surface area contributed by atoms with E-state index in [4.69, 9.17) is 48.7 Å². The number of nitrogens with zero attached hydrogens (tertiary/aromatic N) is 10. The number of furan rings is 2. The van der Waals surface area contributed by atoms with E-state index in [1.165, 1.54) is 5.39 Å². The van der Waals surface area contributed by atoms with Crippen molar-refractivity contribution in [3.63, 3.8) is 0 Å². The van der Waals surface area contributed by atoms with E-state index >= 15 is 0 Å². The maximum Gasteiger partial charge on any atom is 0.166 e. The van der Waals surface area contributed by atoms with Crippen LogP contribution in [0.25, 0.3) is 234 Å². The molecule has 24 rings (SSSR count). The maximum absolute atomic E-state index is 7.22. The predicted molar refractivity (Wildman–Crippen MR) is 504 cm³/mol. The topological polar surface area (TPSA) is 139 Å². The third kappa shape index (κ3) is 12.9. The molecular weight excluding hydrogens is 1520 g/mol. The Morgan fingerprint density at radius 2 is 0.556 bits per heavy atom. The summed E-state index contributed by atoms with van der Waals surface area (Å²) in [7, 11) is 0. The zero-order valence-corrected chi connectivity index (χ0v) is 66.7. The van der Waals surface area contributed by atoms with Crippen LogP contribution in [0.3, 0.4) is 0 Å². The first-order chi connectivity index (χ1) is 61.5. The number of rotatable bonds is 14. The molecule has 0 bridgehead atoms. The highest BCUT2D eigenvalue weighted by molar-refractivity contribution is 6.28. The normalized spacial score (nSPS) is 11.5. The fraction of sp³-hybridized carbons (Fsp3) is 0. The van der Waals surface area contributed by atoms with Gasteiger partial charge >= 0.3 is 0 Å². The maximum atomic E-state index is 7.22. The summed E-state index contributed by atoms with van der Waals surface area (Å²) in [5.41, 5.74) is 26.5. The van der Waals surface area contributed by atoms with Gasteiger partial charge in [0, 0.05) is 112 Å². The monoisotopic (exact) mass is 1590 g/mol. The zero-order chi connectivity index (χ0) is 82.0. The molecule has 0 atom stereocenters. The van der Waals surface area contributed by atoms with Gasteiger partial charge in [-0.05, 0) is 137 Å². The lowest BCUT2D eigenvalue weighted by Gasteiger charge is -2.15. The molecule has 0 unspecified atom stereocenters. The molecule has 0 amide bonds. The minimum Gasteiger partial charge on any atom is -0.456 e. The van der Waals surface area contributed by atoms with Crippen LogP contribution in [0.4, 0.5) is 0 Å². The van der Waals surface area contributed by atoms with Crippen molar-refractivity contribution in [3.8, 4) is 147 Å². The first-order valence-corrected chi connectivity index (χ1v) is 41.4. The molecule has 0 N–H and O–H groups in total. The fourth-order valence-corrected chi connectivity index (χ4v) is 17.6. The minimum absolute atomic E-state index is 0.506. The van der Waals surface area contributed by atoms with E-state index in [-0.39, 0.29) is 0 Å². The highest BCUT2D eigenvalue weighted by Crippen LogP contribution is 2.49. The molecular formula is C112H70N10O2. The van der Waals surface area contributed by atoms with Gasteiger partial charge in [0.25, 0.3) is 0 Å². The Hall–Kier alpha value is -17.0. The first kappa shape index (κ1) is 72.3. The van der Waals surface area contributed by atoms with Gasteiger partial charge in [0.15, 0.2) is 34.9 Å². The summed E-state index contributed by atoms with van der Waals surface area (Å²) in [6.45, 7) is 0. The second-order valence-corrected chi connectivity index (χ2v) is 30.8. The van der Waals surface area contributed by atoms with E-state index < -0.39 is 0 Å². The first-order valence-electron chi connectivity index (χ1n) is 41.4. The van der Waals surface area contributed by atoms with Gasteiger partial charge in [-0.2, -0.15) is 0 Å². The van der Waals surface area contributed by atoms with Crippen LogP contribution in [0.15, 0.2) is 434 Å². The van der Waals surface area contributed by atoms with Crippen LogP contribution in [0, 0.1) is 0 Å². The number of para-hydroxylation sites is 5. The van der Waals surface area contributed by atoms with Gasteiger partial charge in [0.2, 0.25) is 0 Å². The molecule has 8 heterocycles. The molecule has 12 nitrogen and oxygen atoms in total. The molecule has 0 fully saturated rings.